The fourth-order valence-corrected chi connectivity index (χ4v) is 1.60. The Bertz CT molecular complexity index is 287. The number of hydrogen-bond donors (Lipinski definition) is 2. The SMILES string of the molecule is CC(C)N(Cc1ccccc1)C[C@@H](O)CO. The van der Waals surface area contributed by atoms with Crippen LogP contribution in [0.2, 0.25) is 0 Å². The molecule has 1 aromatic carbocycles. The molecule has 0 bridgehead atoms. The monoisotopic (exact) mass is 223 g/mol. The van der Waals surface area contributed by atoms with Gasteiger partial charge < -0.3 is 10.2 Å². The zero-order chi connectivity index (χ0) is 12.0. The average molecular weight is 223 g/mol. The topological polar surface area (TPSA) is 43.7 Å². The lowest BCUT2D eigenvalue weighted by atomic mass is 10.1. The fourth-order valence-electron chi connectivity index (χ4n) is 1.60. The van der Waals surface area contributed by atoms with Gasteiger partial charge in [0.05, 0.1) is 12.7 Å². The number of rotatable bonds is 6. The molecule has 0 unspecified atom stereocenters. The highest BCUT2D eigenvalue weighted by molar-refractivity contribution is 5.14. The van der Waals surface area contributed by atoms with Crippen molar-refractivity contribution in [2.45, 2.75) is 32.5 Å². The van der Waals surface area contributed by atoms with E-state index in [2.05, 4.69) is 30.9 Å². The number of nitrogens with zero attached hydrogens (tertiary/aromatic N) is 1. The van der Waals surface area contributed by atoms with Gasteiger partial charge in [0, 0.05) is 19.1 Å². The van der Waals surface area contributed by atoms with E-state index in [1.54, 1.807) is 0 Å². The quantitative estimate of drug-likeness (QED) is 0.763. The van der Waals surface area contributed by atoms with Gasteiger partial charge in [0.1, 0.15) is 0 Å². The molecule has 0 fully saturated rings. The van der Waals surface area contributed by atoms with E-state index >= 15 is 0 Å². The van der Waals surface area contributed by atoms with Gasteiger partial charge in [0.25, 0.3) is 0 Å². The van der Waals surface area contributed by atoms with Crippen molar-refractivity contribution in [2.75, 3.05) is 13.2 Å². The molecule has 1 rings (SSSR count). The van der Waals surface area contributed by atoms with Crippen molar-refractivity contribution in [1.29, 1.82) is 0 Å². The Morgan fingerprint density at radius 2 is 1.81 bits per heavy atom. The first-order valence-corrected chi connectivity index (χ1v) is 5.70. The number of hydrogen-bond acceptors (Lipinski definition) is 3. The molecule has 1 atom stereocenters. The summed E-state index contributed by atoms with van der Waals surface area (Å²) < 4.78 is 0. The van der Waals surface area contributed by atoms with Crippen LogP contribution >= 0.6 is 0 Å². The van der Waals surface area contributed by atoms with Crippen LogP contribution in [0.5, 0.6) is 0 Å². The molecule has 0 amide bonds. The van der Waals surface area contributed by atoms with Crippen LogP contribution in [0.4, 0.5) is 0 Å². The maximum absolute atomic E-state index is 9.46. The van der Waals surface area contributed by atoms with Crippen LogP contribution in [-0.4, -0.2) is 40.4 Å². The minimum absolute atomic E-state index is 0.183. The van der Waals surface area contributed by atoms with Crippen LogP contribution in [0.3, 0.4) is 0 Å². The first-order valence-electron chi connectivity index (χ1n) is 5.70. The molecule has 0 aliphatic heterocycles. The van der Waals surface area contributed by atoms with Crippen molar-refractivity contribution in [3.63, 3.8) is 0 Å². The maximum Gasteiger partial charge on any atom is 0.0897 e. The van der Waals surface area contributed by atoms with E-state index < -0.39 is 6.10 Å². The second-order valence-corrected chi connectivity index (χ2v) is 4.35. The van der Waals surface area contributed by atoms with Gasteiger partial charge >= 0.3 is 0 Å². The van der Waals surface area contributed by atoms with Gasteiger partial charge in [0.2, 0.25) is 0 Å². The highest BCUT2D eigenvalue weighted by atomic mass is 16.3. The van der Waals surface area contributed by atoms with Gasteiger partial charge in [-0.1, -0.05) is 30.3 Å². The molecule has 0 aromatic heterocycles. The molecule has 90 valence electrons. The molecule has 0 saturated carbocycles. The molecule has 0 heterocycles. The van der Waals surface area contributed by atoms with Crippen LogP contribution in [0, 0.1) is 0 Å². The summed E-state index contributed by atoms with van der Waals surface area (Å²) in [7, 11) is 0. The fraction of sp³-hybridized carbons (Fsp3) is 0.538. The Morgan fingerprint density at radius 3 is 2.31 bits per heavy atom. The normalized spacial score (nSPS) is 13.4. The van der Waals surface area contributed by atoms with Gasteiger partial charge in [0.15, 0.2) is 0 Å². The van der Waals surface area contributed by atoms with Crippen LogP contribution < -0.4 is 0 Å². The third kappa shape index (κ3) is 4.31. The van der Waals surface area contributed by atoms with Crippen LogP contribution in [0.1, 0.15) is 19.4 Å². The summed E-state index contributed by atoms with van der Waals surface area (Å²) in [5.74, 6) is 0. The second kappa shape index (κ2) is 6.63. The molecule has 2 N–H and O–H groups in total. The van der Waals surface area contributed by atoms with E-state index in [4.69, 9.17) is 5.11 Å². The lowest BCUT2D eigenvalue weighted by Gasteiger charge is -2.28. The van der Waals surface area contributed by atoms with E-state index in [0.29, 0.717) is 12.6 Å². The van der Waals surface area contributed by atoms with Gasteiger partial charge in [-0.05, 0) is 19.4 Å². The largest absolute Gasteiger partial charge is 0.394 e. The number of aliphatic hydroxyl groups excluding tert-OH is 2. The van der Waals surface area contributed by atoms with Crippen LogP contribution in [0.25, 0.3) is 0 Å². The first-order chi connectivity index (χ1) is 7.63. The highest BCUT2D eigenvalue weighted by Gasteiger charge is 2.14. The summed E-state index contributed by atoms with van der Waals surface area (Å²) in [6.45, 7) is 5.30. The molecule has 0 radical (unpaired) electrons. The summed E-state index contributed by atoms with van der Waals surface area (Å²) >= 11 is 0. The molecular formula is C13H21NO2. The Labute approximate surface area is 97.3 Å². The maximum atomic E-state index is 9.46. The minimum Gasteiger partial charge on any atom is -0.394 e. The van der Waals surface area contributed by atoms with E-state index in [0.717, 1.165) is 6.54 Å². The summed E-state index contributed by atoms with van der Waals surface area (Å²) in [5.41, 5.74) is 1.22. The van der Waals surface area contributed by atoms with Crippen molar-refractivity contribution in [2.24, 2.45) is 0 Å². The Morgan fingerprint density at radius 1 is 1.19 bits per heavy atom. The van der Waals surface area contributed by atoms with E-state index in [1.165, 1.54) is 5.56 Å². The molecule has 3 nitrogen and oxygen atoms in total. The standard InChI is InChI=1S/C13H21NO2/c1-11(2)14(9-13(16)10-15)8-12-6-4-3-5-7-12/h3-7,11,13,15-16H,8-10H2,1-2H3/t13-/m1/s1. The predicted octanol–water partition coefficient (Wildman–Crippen LogP) is 1.25. The molecule has 3 heteroatoms. The molecule has 0 aliphatic rings. The Hall–Kier alpha value is -0.900. The van der Waals surface area contributed by atoms with E-state index in [-0.39, 0.29) is 6.61 Å². The summed E-state index contributed by atoms with van der Waals surface area (Å²) in [5, 5.41) is 18.3. The van der Waals surface area contributed by atoms with Crippen molar-refractivity contribution < 1.29 is 10.2 Å². The molecule has 0 aliphatic carbocycles. The van der Waals surface area contributed by atoms with E-state index in [1.807, 2.05) is 18.2 Å². The first kappa shape index (κ1) is 13.2. The second-order valence-electron chi connectivity index (χ2n) is 4.35. The lowest BCUT2D eigenvalue weighted by molar-refractivity contribution is 0.0464. The zero-order valence-corrected chi connectivity index (χ0v) is 10.0. The van der Waals surface area contributed by atoms with Gasteiger partial charge in [-0.25, -0.2) is 0 Å². The third-order valence-corrected chi connectivity index (χ3v) is 2.61. The van der Waals surface area contributed by atoms with Crippen molar-refractivity contribution in [1.82, 2.24) is 4.90 Å². The summed E-state index contributed by atoms with van der Waals surface area (Å²) in [6, 6.07) is 10.5. The van der Waals surface area contributed by atoms with Crippen molar-refractivity contribution >= 4 is 0 Å². The molecular weight excluding hydrogens is 202 g/mol. The number of aliphatic hydroxyl groups is 2. The van der Waals surface area contributed by atoms with Gasteiger partial charge in [-0.15, -0.1) is 0 Å². The molecule has 0 saturated heterocycles. The Balaban J connectivity index is 2.58. The number of benzene rings is 1. The molecule has 0 spiro atoms. The third-order valence-electron chi connectivity index (χ3n) is 2.61. The Kier molecular flexibility index (Phi) is 5.46. The zero-order valence-electron chi connectivity index (χ0n) is 10.0. The molecule has 16 heavy (non-hydrogen) atoms. The minimum atomic E-state index is -0.661. The average Bonchev–Trinajstić information content (AvgIpc) is 2.29. The summed E-state index contributed by atoms with van der Waals surface area (Å²) in [6.07, 6.45) is -0.661. The summed E-state index contributed by atoms with van der Waals surface area (Å²) in [4.78, 5) is 2.15. The predicted molar refractivity (Wildman–Crippen MR) is 65.1 cm³/mol. The van der Waals surface area contributed by atoms with E-state index in [9.17, 15) is 5.11 Å². The smallest absolute Gasteiger partial charge is 0.0897 e. The van der Waals surface area contributed by atoms with Crippen molar-refractivity contribution in [3.05, 3.63) is 35.9 Å². The van der Waals surface area contributed by atoms with Crippen LogP contribution in [-0.2, 0) is 6.54 Å². The van der Waals surface area contributed by atoms with Gasteiger partial charge in [-0.2, -0.15) is 0 Å². The van der Waals surface area contributed by atoms with Gasteiger partial charge in [-0.3, -0.25) is 4.90 Å². The highest BCUT2D eigenvalue weighted by Crippen LogP contribution is 2.08. The molecule has 1 aromatic rings. The van der Waals surface area contributed by atoms with Crippen LogP contribution in [0.15, 0.2) is 30.3 Å². The van der Waals surface area contributed by atoms with Crippen molar-refractivity contribution in [3.8, 4) is 0 Å². The lowest BCUT2D eigenvalue weighted by Crippen LogP contribution is -2.38.